The Kier molecular flexibility index (Phi) is 9.03. The van der Waals surface area contributed by atoms with Gasteiger partial charge in [0, 0.05) is 43.3 Å². The summed E-state index contributed by atoms with van der Waals surface area (Å²) in [5.41, 5.74) is 3.40. The Morgan fingerprint density at radius 3 is 2.70 bits per heavy atom. The van der Waals surface area contributed by atoms with E-state index in [1.54, 1.807) is 26.2 Å². The molecule has 0 radical (unpaired) electrons. The number of aryl methyl sites for hydroxylation is 1. The van der Waals surface area contributed by atoms with Gasteiger partial charge in [-0.3, -0.25) is 4.79 Å². The lowest BCUT2D eigenvalue weighted by Gasteiger charge is -2.46. The van der Waals surface area contributed by atoms with Crippen molar-refractivity contribution in [1.29, 1.82) is 0 Å². The fourth-order valence-corrected chi connectivity index (χ4v) is 9.66. The van der Waals surface area contributed by atoms with Crippen molar-refractivity contribution >= 4 is 33.2 Å². The third-order valence-electron chi connectivity index (χ3n) is 10.4. The number of rotatable bonds is 3. The molecule has 0 unspecified atom stereocenters. The van der Waals surface area contributed by atoms with Crippen molar-refractivity contribution in [3.8, 4) is 5.75 Å². The molecule has 238 valence electrons. The van der Waals surface area contributed by atoms with E-state index in [1.807, 2.05) is 18.2 Å². The van der Waals surface area contributed by atoms with Gasteiger partial charge in [0.25, 0.3) is 5.91 Å². The van der Waals surface area contributed by atoms with Crippen LogP contribution in [0, 0.1) is 11.8 Å². The molecule has 1 saturated carbocycles. The summed E-state index contributed by atoms with van der Waals surface area (Å²) >= 11 is 6.41. The van der Waals surface area contributed by atoms with E-state index in [-0.39, 0.29) is 17.1 Å². The number of methoxy groups -OCH3 is 2. The molecule has 1 amide bonds. The number of amides is 1. The molecule has 2 aromatic carbocycles. The van der Waals surface area contributed by atoms with Crippen molar-refractivity contribution < 1.29 is 27.4 Å². The number of halogens is 1. The maximum absolute atomic E-state index is 13.5. The minimum absolute atomic E-state index is 0.0870. The van der Waals surface area contributed by atoms with Gasteiger partial charge in [-0.15, -0.1) is 0 Å². The Labute approximate surface area is 266 Å². The first kappa shape index (κ1) is 31.4. The van der Waals surface area contributed by atoms with Crippen LogP contribution in [0.2, 0.25) is 5.02 Å². The van der Waals surface area contributed by atoms with Gasteiger partial charge in [0.1, 0.15) is 11.0 Å². The Hall–Kier alpha value is -2.59. The Balaban J connectivity index is 1.43. The van der Waals surface area contributed by atoms with E-state index in [2.05, 4.69) is 27.8 Å². The van der Waals surface area contributed by atoms with E-state index in [0.717, 1.165) is 55.9 Å². The van der Waals surface area contributed by atoms with Crippen LogP contribution in [-0.4, -0.2) is 65.7 Å². The van der Waals surface area contributed by atoms with Gasteiger partial charge in [0.2, 0.25) is 10.0 Å². The zero-order valence-electron chi connectivity index (χ0n) is 25.8. The first-order valence-corrected chi connectivity index (χ1v) is 17.7. The van der Waals surface area contributed by atoms with E-state index >= 15 is 0 Å². The Morgan fingerprint density at radius 1 is 1.14 bits per heavy atom. The monoisotopic (exact) mass is 642 g/mol. The number of carbonyl (C=O) groups is 1. The number of carbonyl (C=O) groups excluding carboxylic acids is 1. The van der Waals surface area contributed by atoms with Gasteiger partial charge >= 0.3 is 0 Å². The number of nitrogens with zero attached hydrogens (tertiary/aromatic N) is 1. The standard InChI is InChI=1S/C34H43ClN2O6S/c1-4-32-31(42-3)9-5-8-29(41-2)26-13-10-24(26)19-37-20-34(16-6-7-22-17-25(35)12-14-27(22)34)21-43-30-15-11-23(18-28(30)37)33(38)36-44(32,39)40/h5,8,11-12,14-15,17-18,24,26,29,31-32H,4,6-7,9-10,13,16,19-21H2,1-3H3,(H,36,38)/b8-5+/t24-,26+,29-,31+,32+,34-/m0/s1. The van der Waals surface area contributed by atoms with Crippen molar-refractivity contribution in [3.63, 3.8) is 0 Å². The molecule has 2 bridgehead atoms. The average Bonchev–Trinajstić information content (AvgIpc) is 3.14. The first-order valence-electron chi connectivity index (χ1n) is 15.8. The molecule has 6 atom stereocenters. The van der Waals surface area contributed by atoms with Gasteiger partial charge in [-0.2, -0.15) is 0 Å². The summed E-state index contributed by atoms with van der Waals surface area (Å²) in [6.45, 7) is 3.81. The van der Waals surface area contributed by atoms with Crippen LogP contribution in [0.5, 0.6) is 5.75 Å². The normalized spacial score (nSPS) is 32.3. The number of hydrogen-bond donors (Lipinski definition) is 1. The highest BCUT2D eigenvalue weighted by molar-refractivity contribution is 7.90. The SMILES string of the molecule is CC[C@@H]1[C@H](OC)C/C=C/[C@H](OC)[C@@H]2CC[C@H]2CN2C[C@@]3(CCCc4cc(Cl)ccc43)COc3ccc(cc32)C(=O)NS1(=O)=O. The molecule has 6 rings (SSSR count). The molecule has 1 spiro atoms. The number of fused-ring (bicyclic) bond motifs is 4. The summed E-state index contributed by atoms with van der Waals surface area (Å²) in [6.07, 6.45) is 9.18. The average molecular weight is 643 g/mol. The van der Waals surface area contributed by atoms with E-state index in [1.165, 1.54) is 18.2 Å². The number of sulfonamides is 1. The Morgan fingerprint density at radius 2 is 1.98 bits per heavy atom. The second-order valence-electron chi connectivity index (χ2n) is 12.8. The number of ether oxygens (including phenoxy) is 3. The summed E-state index contributed by atoms with van der Waals surface area (Å²) in [6, 6.07) is 11.5. The maximum atomic E-state index is 13.5. The maximum Gasteiger partial charge on any atom is 0.264 e. The number of benzene rings is 2. The molecule has 2 aliphatic heterocycles. The second kappa shape index (κ2) is 12.7. The quantitative estimate of drug-likeness (QED) is 0.432. The van der Waals surface area contributed by atoms with Crippen LogP contribution < -0.4 is 14.4 Å². The van der Waals surface area contributed by atoms with Crippen LogP contribution in [0.1, 0.15) is 66.9 Å². The topological polar surface area (TPSA) is 94.2 Å². The lowest BCUT2D eigenvalue weighted by atomic mass is 9.68. The van der Waals surface area contributed by atoms with Crippen molar-refractivity contribution in [3.05, 3.63) is 70.3 Å². The van der Waals surface area contributed by atoms with Gasteiger partial charge in [-0.05, 0) is 98.2 Å². The van der Waals surface area contributed by atoms with E-state index in [4.69, 9.17) is 25.8 Å². The van der Waals surface area contributed by atoms with Gasteiger partial charge in [-0.25, -0.2) is 13.1 Å². The highest BCUT2D eigenvalue weighted by atomic mass is 35.5. The smallest absolute Gasteiger partial charge is 0.264 e. The lowest BCUT2D eigenvalue weighted by molar-refractivity contribution is 0.0129. The van der Waals surface area contributed by atoms with Crippen LogP contribution in [-0.2, 0) is 31.3 Å². The van der Waals surface area contributed by atoms with Gasteiger partial charge in [-0.1, -0.05) is 36.7 Å². The molecule has 0 saturated heterocycles. The van der Waals surface area contributed by atoms with Crippen molar-refractivity contribution in [2.45, 2.75) is 74.7 Å². The summed E-state index contributed by atoms with van der Waals surface area (Å²) in [4.78, 5) is 15.9. The van der Waals surface area contributed by atoms with Gasteiger partial charge < -0.3 is 19.1 Å². The van der Waals surface area contributed by atoms with E-state index < -0.39 is 27.3 Å². The van der Waals surface area contributed by atoms with Crippen LogP contribution in [0.25, 0.3) is 0 Å². The summed E-state index contributed by atoms with van der Waals surface area (Å²) in [5.74, 6) is 0.756. The third kappa shape index (κ3) is 5.88. The third-order valence-corrected chi connectivity index (χ3v) is 12.5. The zero-order chi connectivity index (χ0) is 31.1. The van der Waals surface area contributed by atoms with Crippen molar-refractivity contribution in [2.75, 3.05) is 38.8 Å². The molecule has 0 aromatic heterocycles. The van der Waals surface area contributed by atoms with E-state index in [0.29, 0.717) is 37.0 Å². The molecule has 8 nitrogen and oxygen atoms in total. The highest BCUT2D eigenvalue weighted by Crippen LogP contribution is 2.47. The van der Waals surface area contributed by atoms with Gasteiger partial charge in [0.05, 0.1) is 24.5 Å². The van der Waals surface area contributed by atoms with Crippen molar-refractivity contribution in [1.82, 2.24) is 4.72 Å². The molecule has 2 aliphatic carbocycles. The van der Waals surface area contributed by atoms with Crippen LogP contribution >= 0.6 is 11.6 Å². The molecule has 1 fully saturated rings. The van der Waals surface area contributed by atoms with Gasteiger partial charge in [0.15, 0.2) is 0 Å². The minimum Gasteiger partial charge on any atom is -0.490 e. The molecule has 10 heteroatoms. The summed E-state index contributed by atoms with van der Waals surface area (Å²) in [5, 5.41) is -0.154. The predicted molar refractivity (Wildman–Crippen MR) is 172 cm³/mol. The van der Waals surface area contributed by atoms with Crippen LogP contribution in [0.15, 0.2) is 48.6 Å². The van der Waals surface area contributed by atoms with Crippen molar-refractivity contribution in [2.24, 2.45) is 11.8 Å². The number of nitrogens with one attached hydrogen (secondary N) is 1. The van der Waals surface area contributed by atoms with E-state index in [9.17, 15) is 13.2 Å². The first-order chi connectivity index (χ1) is 21.2. The largest absolute Gasteiger partial charge is 0.490 e. The summed E-state index contributed by atoms with van der Waals surface area (Å²) in [7, 11) is -0.778. The van der Waals surface area contributed by atoms with Crippen LogP contribution in [0.3, 0.4) is 0 Å². The predicted octanol–water partition coefficient (Wildman–Crippen LogP) is 5.67. The van der Waals surface area contributed by atoms with Crippen LogP contribution in [0.4, 0.5) is 5.69 Å². The summed E-state index contributed by atoms with van der Waals surface area (Å²) < 4.78 is 47.6. The number of hydrogen-bond acceptors (Lipinski definition) is 7. The molecule has 1 N–H and O–H groups in total. The minimum atomic E-state index is -4.03. The zero-order valence-corrected chi connectivity index (χ0v) is 27.3. The Bertz CT molecular complexity index is 1530. The second-order valence-corrected chi connectivity index (χ2v) is 15.2. The lowest BCUT2D eigenvalue weighted by Crippen LogP contribution is -2.49. The fraction of sp³-hybridized carbons (Fsp3) is 0.559. The highest BCUT2D eigenvalue weighted by Gasteiger charge is 2.44. The molecule has 44 heavy (non-hydrogen) atoms. The molecular formula is C34H43ClN2O6S. The molecule has 4 aliphatic rings. The molecular weight excluding hydrogens is 600 g/mol. The molecule has 2 aromatic rings. The number of anilines is 1. The fourth-order valence-electron chi connectivity index (χ4n) is 7.88. The molecule has 2 heterocycles.